The number of thiophene rings is 1. The van der Waals surface area contributed by atoms with Crippen LogP contribution < -0.4 is 10.0 Å². The molecule has 1 aromatic heterocycles. The summed E-state index contributed by atoms with van der Waals surface area (Å²) < 4.78 is 26.1. The average molecular weight is 298 g/mol. The molecule has 3 N–H and O–H groups in total. The maximum atomic E-state index is 12.4. The van der Waals surface area contributed by atoms with Gasteiger partial charge in [-0.05, 0) is 24.3 Å². The van der Waals surface area contributed by atoms with Crippen LogP contribution in [-0.4, -0.2) is 20.6 Å². The number of hydrogen-bond donors (Lipinski definition) is 2. The van der Waals surface area contributed by atoms with E-state index in [0.717, 1.165) is 20.5 Å². The highest BCUT2D eigenvalue weighted by Gasteiger charge is 2.23. The molecule has 19 heavy (non-hydrogen) atoms. The molecule has 1 heterocycles. The molecule has 0 aliphatic carbocycles. The highest BCUT2D eigenvalue weighted by atomic mass is 32.2. The van der Waals surface area contributed by atoms with Crippen molar-refractivity contribution in [3.8, 4) is 5.75 Å². The van der Waals surface area contributed by atoms with Gasteiger partial charge in [-0.15, -0.1) is 11.3 Å². The Bertz CT molecular complexity index is 680. The van der Waals surface area contributed by atoms with Gasteiger partial charge in [0, 0.05) is 24.5 Å². The number of hydrogen-bond acceptors (Lipinski definition) is 5. The monoisotopic (exact) mass is 298 g/mol. The SMILES string of the molecule is CN(c1cccc(O)c1)S(=O)(=O)c1ccc(CN)s1. The van der Waals surface area contributed by atoms with Crippen molar-refractivity contribution in [1.29, 1.82) is 0 Å². The van der Waals surface area contributed by atoms with Crippen LogP contribution in [-0.2, 0) is 16.6 Å². The second kappa shape index (κ2) is 5.20. The van der Waals surface area contributed by atoms with Crippen LogP contribution in [0.2, 0.25) is 0 Å². The Morgan fingerprint density at radius 1 is 1.32 bits per heavy atom. The van der Waals surface area contributed by atoms with E-state index in [1.54, 1.807) is 24.3 Å². The van der Waals surface area contributed by atoms with Gasteiger partial charge < -0.3 is 10.8 Å². The van der Waals surface area contributed by atoms with Crippen LogP contribution in [0.1, 0.15) is 4.88 Å². The van der Waals surface area contributed by atoms with E-state index >= 15 is 0 Å². The summed E-state index contributed by atoms with van der Waals surface area (Å²) in [4.78, 5) is 0.808. The fraction of sp³-hybridized carbons (Fsp3) is 0.167. The maximum absolute atomic E-state index is 12.4. The zero-order valence-electron chi connectivity index (χ0n) is 10.3. The second-order valence-corrected chi connectivity index (χ2v) is 7.28. The van der Waals surface area contributed by atoms with Crippen LogP contribution in [0.5, 0.6) is 5.75 Å². The third kappa shape index (κ3) is 2.73. The van der Waals surface area contributed by atoms with Gasteiger partial charge in [-0.2, -0.15) is 0 Å². The quantitative estimate of drug-likeness (QED) is 0.900. The van der Waals surface area contributed by atoms with Crippen LogP contribution in [0.3, 0.4) is 0 Å². The molecule has 0 bridgehead atoms. The number of phenols is 1. The standard InChI is InChI=1S/C12H14N2O3S2/c1-14(9-3-2-4-10(15)7-9)19(16,17)12-6-5-11(8-13)18-12/h2-7,15H,8,13H2,1H3. The lowest BCUT2D eigenvalue weighted by atomic mass is 10.3. The lowest BCUT2D eigenvalue weighted by Gasteiger charge is -2.18. The molecule has 0 radical (unpaired) electrons. The Kier molecular flexibility index (Phi) is 3.79. The number of rotatable bonds is 4. The fourth-order valence-electron chi connectivity index (χ4n) is 1.57. The van der Waals surface area contributed by atoms with Crippen molar-refractivity contribution < 1.29 is 13.5 Å². The number of aromatic hydroxyl groups is 1. The summed E-state index contributed by atoms with van der Waals surface area (Å²) >= 11 is 1.15. The molecule has 0 amide bonds. The van der Waals surface area contributed by atoms with Gasteiger partial charge in [-0.3, -0.25) is 4.31 Å². The molecular formula is C12H14N2O3S2. The lowest BCUT2D eigenvalue weighted by Crippen LogP contribution is -2.25. The molecule has 0 fully saturated rings. The van der Waals surface area contributed by atoms with Gasteiger partial charge in [0.15, 0.2) is 0 Å². The van der Waals surface area contributed by atoms with Gasteiger partial charge in [0.25, 0.3) is 10.0 Å². The first kappa shape index (κ1) is 13.9. The van der Waals surface area contributed by atoms with Crippen molar-refractivity contribution in [3.63, 3.8) is 0 Å². The van der Waals surface area contributed by atoms with E-state index < -0.39 is 10.0 Å². The second-order valence-electron chi connectivity index (χ2n) is 3.92. The zero-order chi connectivity index (χ0) is 14.0. The average Bonchev–Trinajstić information content (AvgIpc) is 2.87. The van der Waals surface area contributed by atoms with E-state index in [9.17, 15) is 13.5 Å². The van der Waals surface area contributed by atoms with Gasteiger partial charge in [0.2, 0.25) is 0 Å². The molecule has 0 atom stereocenters. The molecule has 0 saturated carbocycles. The predicted octanol–water partition coefficient (Wildman–Crippen LogP) is 1.74. The molecule has 0 aliphatic rings. The van der Waals surface area contributed by atoms with Gasteiger partial charge >= 0.3 is 0 Å². The molecule has 5 nitrogen and oxygen atoms in total. The minimum atomic E-state index is -3.61. The molecule has 102 valence electrons. The summed E-state index contributed by atoms with van der Waals surface area (Å²) in [7, 11) is -2.16. The summed E-state index contributed by atoms with van der Waals surface area (Å²) in [6.07, 6.45) is 0. The van der Waals surface area contributed by atoms with Gasteiger partial charge in [-0.1, -0.05) is 6.07 Å². The first-order valence-electron chi connectivity index (χ1n) is 5.52. The Labute approximate surface area is 116 Å². The minimum Gasteiger partial charge on any atom is -0.508 e. The molecule has 1 aromatic carbocycles. The van der Waals surface area contributed by atoms with E-state index in [2.05, 4.69) is 0 Å². The molecule has 7 heteroatoms. The summed E-state index contributed by atoms with van der Waals surface area (Å²) in [5.74, 6) is 0.0216. The van der Waals surface area contributed by atoms with E-state index in [-0.39, 0.29) is 9.96 Å². The van der Waals surface area contributed by atoms with Crippen molar-refractivity contribution in [2.45, 2.75) is 10.8 Å². The number of phenolic OH excluding ortho intramolecular Hbond substituents is 1. The Morgan fingerprint density at radius 2 is 2.05 bits per heavy atom. The van der Waals surface area contributed by atoms with Crippen molar-refractivity contribution in [1.82, 2.24) is 0 Å². The summed E-state index contributed by atoms with van der Waals surface area (Å²) in [5.41, 5.74) is 5.89. The van der Waals surface area contributed by atoms with Crippen LogP contribution >= 0.6 is 11.3 Å². The van der Waals surface area contributed by atoms with E-state index in [1.807, 2.05) is 0 Å². The van der Waals surface area contributed by atoms with Crippen molar-refractivity contribution in [2.75, 3.05) is 11.4 Å². The number of anilines is 1. The lowest BCUT2D eigenvalue weighted by molar-refractivity contribution is 0.475. The van der Waals surface area contributed by atoms with E-state index in [4.69, 9.17) is 5.73 Å². The van der Waals surface area contributed by atoms with Crippen LogP contribution in [0.4, 0.5) is 5.69 Å². The predicted molar refractivity (Wildman–Crippen MR) is 75.9 cm³/mol. The highest BCUT2D eigenvalue weighted by molar-refractivity contribution is 7.94. The van der Waals surface area contributed by atoms with Gasteiger partial charge in [0.1, 0.15) is 9.96 Å². The van der Waals surface area contributed by atoms with E-state index in [1.165, 1.54) is 19.2 Å². The topological polar surface area (TPSA) is 83.6 Å². The molecule has 0 unspecified atom stereocenters. The number of benzene rings is 1. The third-order valence-electron chi connectivity index (χ3n) is 2.65. The van der Waals surface area contributed by atoms with Crippen LogP contribution in [0.25, 0.3) is 0 Å². The molecule has 0 saturated heterocycles. The number of sulfonamides is 1. The summed E-state index contributed by atoms with van der Waals surface area (Å²) in [6.45, 7) is 0.316. The molecular weight excluding hydrogens is 284 g/mol. The molecule has 0 spiro atoms. The Hall–Kier alpha value is -1.57. The largest absolute Gasteiger partial charge is 0.508 e. The maximum Gasteiger partial charge on any atom is 0.273 e. The van der Waals surface area contributed by atoms with Crippen LogP contribution in [0.15, 0.2) is 40.6 Å². The molecule has 2 aromatic rings. The van der Waals surface area contributed by atoms with Crippen molar-refractivity contribution in [2.24, 2.45) is 5.73 Å². The first-order valence-corrected chi connectivity index (χ1v) is 7.77. The zero-order valence-corrected chi connectivity index (χ0v) is 11.9. The molecule has 2 rings (SSSR count). The smallest absolute Gasteiger partial charge is 0.273 e. The number of nitrogens with zero attached hydrogens (tertiary/aromatic N) is 1. The molecule has 0 aliphatic heterocycles. The minimum absolute atomic E-state index is 0.0216. The highest BCUT2D eigenvalue weighted by Crippen LogP contribution is 2.28. The van der Waals surface area contributed by atoms with Gasteiger partial charge in [-0.25, -0.2) is 8.42 Å². The normalized spacial score (nSPS) is 11.5. The Morgan fingerprint density at radius 3 is 2.63 bits per heavy atom. The first-order chi connectivity index (χ1) is 8.95. The number of nitrogens with two attached hydrogens (primary N) is 1. The Balaban J connectivity index is 2.39. The van der Waals surface area contributed by atoms with Crippen molar-refractivity contribution >= 4 is 27.0 Å². The van der Waals surface area contributed by atoms with Crippen molar-refractivity contribution in [3.05, 3.63) is 41.3 Å². The van der Waals surface area contributed by atoms with Crippen LogP contribution in [0, 0.1) is 0 Å². The third-order valence-corrected chi connectivity index (χ3v) is 6.01. The fourth-order valence-corrected chi connectivity index (χ4v) is 4.16. The summed E-state index contributed by atoms with van der Waals surface area (Å²) in [6, 6.07) is 9.34. The van der Waals surface area contributed by atoms with Gasteiger partial charge in [0.05, 0.1) is 5.69 Å². The summed E-state index contributed by atoms with van der Waals surface area (Å²) in [5, 5.41) is 9.41. The van der Waals surface area contributed by atoms with E-state index in [0.29, 0.717) is 12.2 Å².